The molecule has 6 unspecified atom stereocenters. The normalized spacial score (nSPS) is 26.4. The molecule has 12 nitrogen and oxygen atoms in total. The third kappa shape index (κ3) is 7.14. The van der Waals surface area contributed by atoms with E-state index in [1.807, 2.05) is 18.2 Å². The number of phenolic OH excluding ortho intramolecular Hbond substituents is 2. The van der Waals surface area contributed by atoms with E-state index < -0.39 is 30.7 Å². The average molecular weight is 560 g/mol. The molecule has 0 spiro atoms. The highest BCUT2D eigenvalue weighted by Crippen LogP contribution is 2.29. The number of rotatable bonds is 13. The number of aromatic hydroxyl groups is 2. The summed E-state index contributed by atoms with van der Waals surface area (Å²) in [4.78, 5) is 13.1. The smallest absolute Gasteiger partial charge is 0.188 e. The molecule has 12 heteroatoms. The van der Waals surface area contributed by atoms with Gasteiger partial charge in [0.2, 0.25) is 0 Å². The second-order valence-electron chi connectivity index (χ2n) is 9.77. The van der Waals surface area contributed by atoms with Gasteiger partial charge in [0.15, 0.2) is 23.6 Å². The van der Waals surface area contributed by atoms with Crippen molar-refractivity contribution in [2.24, 2.45) is 10.3 Å². The van der Waals surface area contributed by atoms with E-state index in [0.29, 0.717) is 25.1 Å². The van der Waals surface area contributed by atoms with E-state index in [1.54, 1.807) is 38.5 Å². The van der Waals surface area contributed by atoms with Crippen molar-refractivity contribution >= 4 is 5.78 Å². The molecule has 0 saturated carbocycles. The van der Waals surface area contributed by atoms with Gasteiger partial charge in [-0.05, 0) is 35.7 Å². The number of carbonyl (C=O) groups is 1. The van der Waals surface area contributed by atoms with E-state index in [1.165, 1.54) is 19.2 Å². The molecule has 0 radical (unpaired) electrons. The van der Waals surface area contributed by atoms with Crippen LogP contribution in [-0.4, -0.2) is 106 Å². The molecular weight excluding hydrogens is 522 g/mol. The van der Waals surface area contributed by atoms with Gasteiger partial charge in [-0.25, -0.2) is 0 Å². The lowest BCUT2D eigenvalue weighted by Crippen LogP contribution is -2.61. The van der Waals surface area contributed by atoms with Gasteiger partial charge in [0, 0.05) is 34.0 Å². The number of hydrogen-bond acceptors (Lipinski definition) is 12. The molecule has 2 heterocycles. The van der Waals surface area contributed by atoms with E-state index in [4.69, 9.17) is 28.4 Å². The zero-order valence-corrected chi connectivity index (χ0v) is 23.1. The lowest BCUT2D eigenvalue weighted by Gasteiger charge is -2.44. The van der Waals surface area contributed by atoms with E-state index in [9.17, 15) is 15.0 Å². The van der Waals surface area contributed by atoms with Crippen LogP contribution in [0.5, 0.6) is 11.5 Å². The van der Waals surface area contributed by atoms with Crippen LogP contribution in [0.2, 0.25) is 0 Å². The Bertz CT molecular complexity index is 1160. The first-order chi connectivity index (χ1) is 19.4. The van der Waals surface area contributed by atoms with Crippen molar-refractivity contribution in [2.45, 2.75) is 49.7 Å². The quantitative estimate of drug-likeness (QED) is 0.278. The van der Waals surface area contributed by atoms with Crippen molar-refractivity contribution in [2.75, 3.05) is 48.2 Å². The molecule has 1 fully saturated rings. The predicted octanol–water partition coefficient (Wildman–Crippen LogP) is 2.51. The summed E-state index contributed by atoms with van der Waals surface area (Å²) in [6.07, 6.45) is -2.29. The van der Waals surface area contributed by atoms with Crippen LogP contribution in [0.25, 0.3) is 0 Å². The number of ether oxygens (including phenoxy) is 6. The monoisotopic (exact) mass is 559 g/mol. The highest BCUT2D eigenvalue weighted by Gasteiger charge is 2.48. The summed E-state index contributed by atoms with van der Waals surface area (Å²) in [6, 6.07) is 12.0. The summed E-state index contributed by atoms with van der Waals surface area (Å²) in [5, 5.41) is 29.6. The first kappa shape index (κ1) is 29.8. The van der Waals surface area contributed by atoms with E-state index >= 15 is 0 Å². The first-order valence-electron chi connectivity index (χ1n) is 13.0. The average Bonchev–Trinajstić information content (AvgIpc) is 3.39. The van der Waals surface area contributed by atoms with Gasteiger partial charge in [-0.2, -0.15) is 5.11 Å². The van der Waals surface area contributed by atoms with E-state index in [0.717, 1.165) is 11.1 Å². The molecular formula is C28H37N3O9. The van der Waals surface area contributed by atoms with E-state index in [2.05, 4.69) is 10.3 Å². The zero-order valence-electron chi connectivity index (χ0n) is 23.1. The lowest BCUT2D eigenvalue weighted by molar-refractivity contribution is -0.309. The molecule has 4 rings (SSSR count). The maximum atomic E-state index is 13.1. The van der Waals surface area contributed by atoms with Gasteiger partial charge < -0.3 is 38.6 Å². The largest absolute Gasteiger partial charge is 0.504 e. The van der Waals surface area contributed by atoms with Gasteiger partial charge in [-0.1, -0.05) is 29.5 Å². The Morgan fingerprint density at radius 2 is 1.77 bits per heavy atom. The Labute approximate surface area is 233 Å². The van der Waals surface area contributed by atoms with Crippen LogP contribution in [0.15, 0.2) is 52.8 Å². The van der Waals surface area contributed by atoms with Gasteiger partial charge in [0.1, 0.15) is 31.0 Å². The molecule has 2 aliphatic rings. The van der Waals surface area contributed by atoms with Crippen molar-refractivity contribution in [1.82, 2.24) is 5.01 Å². The molecule has 2 aromatic rings. The standard InChI is InChI=1S/C28H37N3O9/c1-35-16-24-25(36-2)26(37-3)27(28(38-4)40-24)39-15-23(34)19-7-5-6-17(10-19)11-20-14-31(30-29-20)13-18-8-9-21(32)22(33)12-18/h5-10,12,20,24-28,32-33H,11,13-16H2,1-4H3. The lowest BCUT2D eigenvalue weighted by atomic mass is 9.98. The molecule has 0 bridgehead atoms. The fourth-order valence-corrected chi connectivity index (χ4v) is 5.04. The van der Waals surface area contributed by atoms with E-state index in [-0.39, 0.29) is 36.5 Å². The molecule has 6 atom stereocenters. The minimum atomic E-state index is -0.767. The van der Waals surface area contributed by atoms with Gasteiger partial charge in [0.25, 0.3) is 0 Å². The molecule has 2 N–H and O–H groups in total. The molecule has 2 aliphatic heterocycles. The highest BCUT2D eigenvalue weighted by atomic mass is 16.7. The van der Waals surface area contributed by atoms with Crippen LogP contribution in [0.3, 0.4) is 0 Å². The third-order valence-corrected chi connectivity index (χ3v) is 6.99. The van der Waals surface area contributed by atoms with Crippen LogP contribution >= 0.6 is 0 Å². The van der Waals surface area contributed by atoms with Crippen molar-refractivity contribution in [3.8, 4) is 11.5 Å². The Kier molecular flexibility index (Phi) is 10.4. The minimum absolute atomic E-state index is 0.0809. The van der Waals surface area contributed by atoms with Crippen molar-refractivity contribution in [1.29, 1.82) is 0 Å². The fraction of sp³-hybridized carbons (Fsp3) is 0.536. The van der Waals surface area contributed by atoms with Crippen LogP contribution in [0.1, 0.15) is 21.5 Å². The van der Waals surface area contributed by atoms with Crippen LogP contribution in [0, 0.1) is 0 Å². The molecule has 0 aliphatic carbocycles. The first-order valence-corrected chi connectivity index (χ1v) is 13.0. The highest BCUT2D eigenvalue weighted by molar-refractivity contribution is 5.97. The van der Waals surface area contributed by atoms with Crippen LogP contribution < -0.4 is 0 Å². The molecule has 218 valence electrons. The number of phenols is 2. The Morgan fingerprint density at radius 1 is 0.975 bits per heavy atom. The number of ketones is 1. The minimum Gasteiger partial charge on any atom is -0.504 e. The maximum absolute atomic E-state index is 13.1. The third-order valence-electron chi connectivity index (χ3n) is 6.99. The fourth-order valence-electron chi connectivity index (χ4n) is 5.04. The second kappa shape index (κ2) is 14.0. The Hall–Kier alpha value is -3.13. The Morgan fingerprint density at radius 3 is 2.48 bits per heavy atom. The molecule has 40 heavy (non-hydrogen) atoms. The van der Waals surface area contributed by atoms with Gasteiger partial charge in [0.05, 0.1) is 25.7 Å². The summed E-state index contributed by atoms with van der Waals surface area (Å²) >= 11 is 0. The van der Waals surface area contributed by atoms with Gasteiger partial charge in [-0.15, -0.1) is 0 Å². The van der Waals surface area contributed by atoms with Crippen molar-refractivity contribution in [3.63, 3.8) is 0 Å². The second-order valence-corrected chi connectivity index (χ2v) is 9.77. The zero-order chi connectivity index (χ0) is 28.6. The predicted molar refractivity (Wildman–Crippen MR) is 142 cm³/mol. The number of methoxy groups -OCH3 is 4. The molecule has 1 saturated heterocycles. The number of nitrogens with zero attached hydrogens (tertiary/aromatic N) is 3. The number of hydrogen-bond donors (Lipinski definition) is 2. The van der Waals surface area contributed by atoms with Crippen LogP contribution in [0.4, 0.5) is 0 Å². The number of benzene rings is 2. The molecule has 0 aromatic heterocycles. The maximum Gasteiger partial charge on any atom is 0.188 e. The summed E-state index contributed by atoms with van der Waals surface area (Å²) in [5.41, 5.74) is 2.28. The summed E-state index contributed by atoms with van der Waals surface area (Å²) < 4.78 is 34.0. The summed E-state index contributed by atoms with van der Waals surface area (Å²) in [5.74, 6) is -0.527. The number of carbonyl (C=O) groups excluding carboxylic acids is 1. The number of Topliss-reactive ketones (excluding diaryl/α,β-unsaturated/α-hetero) is 1. The summed E-state index contributed by atoms with van der Waals surface area (Å²) in [6.45, 7) is 1.14. The topological polar surface area (TPSA) is 141 Å². The van der Waals surface area contributed by atoms with Crippen molar-refractivity contribution in [3.05, 3.63) is 59.2 Å². The SMILES string of the molecule is COCC1OC(OC)C(OCC(=O)c2cccc(CC3CN(Cc4ccc(O)c(O)c4)N=N3)c2)C(OC)C1OC. The van der Waals surface area contributed by atoms with Gasteiger partial charge >= 0.3 is 0 Å². The van der Waals surface area contributed by atoms with Crippen LogP contribution in [-0.2, 0) is 41.4 Å². The molecule has 0 amide bonds. The molecule has 2 aromatic carbocycles. The Balaban J connectivity index is 1.33. The van der Waals surface area contributed by atoms with Crippen molar-refractivity contribution < 1.29 is 43.4 Å². The van der Waals surface area contributed by atoms with Gasteiger partial charge in [-0.3, -0.25) is 9.80 Å². The summed E-state index contributed by atoms with van der Waals surface area (Å²) in [7, 11) is 6.19.